The predicted octanol–water partition coefficient (Wildman–Crippen LogP) is 1.09. The number of hydrogen-bond acceptors (Lipinski definition) is 10. The molecular formula is C37H50BrN7O9. The lowest BCUT2D eigenvalue weighted by molar-refractivity contribution is -0.156. The van der Waals surface area contributed by atoms with Crippen LogP contribution in [0.15, 0.2) is 65.3 Å². The van der Waals surface area contributed by atoms with E-state index in [9.17, 15) is 38.7 Å². The topological polar surface area (TPSA) is 261 Å². The molecule has 16 nitrogen and oxygen atoms in total. The van der Waals surface area contributed by atoms with Gasteiger partial charge < -0.3 is 47.9 Å². The average molecular weight is 817 g/mol. The molecule has 17 heteroatoms. The number of halogens is 1. The first-order chi connectivity index (χ1) is 25.4. The van der Waals surface area contributed by atoms with Crippen LogP contribution < -0.4 is 38.1 Å². The number of primary amides is 2. The quantitative estimate of drug-likeness (QED) is 0.104. The van der Waals surface area contributed by atoms with E-state index in [2.05, 4.69) is 42.5 Å². The Labute approximate surface area is 322 Å². The van der Waals surface area contributed by atoms with Gasteiger partial charge in [-0.25, -0.2) is 4.79 Å². The Hall–Kier alpha value is -5.45. The summed E-state index contributed by atoms with van der Waals surface area (Å²) in [7, 11) is 0. The fraction of sp³-hybridized carbons (Fsp3) is 0.432. The number of allylic oxidation sites excluding steroid dienone is 6. The molecule has 10 N–H and O–H groups in total. The number of carbonyl (C=O) groups excluding carboxylic acids is 7. The number of nitrogens with two attached hydrogens (primary N) is 2. The Kier molecular flexibility index (Phi) is 18.2. The molecule has 0 bridgehead atoms. The fourth-order valence-corrected chi connectivity index (χ4v) is 5.47. The lowest BCUT2D eigenvalue weighted by Crippen LogP contribution is -2.62. The molecular weight excluding hydrogens is 766 g/mol. The number of cyclic esters (lactones) is 1. The van der Waals surface area contributed by atoms with E-state index in [1.807, 2.05) is 6.08 Å². The van der Waals surface area contributed by atoms with Crippen molar-refractivity contribution in [2.75, 3.05) is 0 Å². The van der Waals surface area contributed by atoms with Gasteiger partial charge in [-0.2, -0.15) is 0 Å². The van der Waals surface area contributed by atoms with Crippen molar-refractivity contribution in [3.8, 4) is 5.75 Å². The van der Waals surface area contributed by atoms with Crippen LogP contribution in [0.3, 0.4) is 0 Å². The summed E-state index contributed by atoms with van der Waals surface area (Å²) in [4.78, 5) is 91.4. The maximum atomic E-state index is 13.8. The molecule has 1 aromatic rings. The summed E-state index contributed by atoms with van der Waals surface area (Å²) in [5.41, 5.74) is 11.6. The Balaban J connectivity index is 2.44. The van der Waals surface area contributed by atoms with Crippen molar-refractivity contribution >= 4 is 63.4 Å². The van der Waals surface area contributed by atoms with Crippen molar-refractivity contribution in [3.05, 3.63) is 70.9 Å². The van der Waals surface area contributed by atoms with Crippen LogP contribution in [-0.4, -0.2) is 82.8 Å². The number of carbonyl (C=O) groups is 7. The smallest absolute Gasteiger partial charge is 0.329 e. The fourth-order valence-electron chi connectivity index (χ4n) is 5.07. The van der Waals surface area contributed by atoms with Crippen LogP contribution in [0.5, 0.6) is 5.75 Å². The third kappa shape index (κ3) is 14.5. The summed E-state index contributed by atoms with van der Waals surface area (Å²) in [5, 5.41) is 22.4. The maximum absolute atomic E-state index is 13.8. The SMILES string of the molecule is CC[C@@H](C)[C@@H]1NC(=O)[C@H](CC(N)=O)NC(=O)C(CC(N)=O)NC(=O)[C@H](C(C)C)NC(=O)[C@@H](N/C=C/C=C/C=C/C=C/c2ccc(O)c(Br)c2)[C@@H](C)OC1=O. The Morgan fingerprint density at radius 1 is 0.833 bits per heavy atom. The Morgan fingerprint density at radius 3 is 1.93 bits per heavy atom. The van der Waals surface area contributed by atoms with E-state index in [-0.39, 0.29) is 5.75 Å². The van der Waals surface area contributed by atoms with E-state index in [0.29, 0.717) is 10.9 Å². The summed E-state index contributed by atoms with van der Waals surface area (Å²) in [6.07, 6.45) is 11.5. The predicted molar refractivity (Wildman–Crippen MR) is 204 cm³/mol. The number of benzene rings is 1. The van der Waals surface area contributed by atoms with Gasteiger partial charge >= 0.3 is 5.97 Å². The van der Waals surface area contributed by atoms with Crippen LogP contribution in [0.4, 0.5) is 0 Å². The van der Waals surface area contributed by atoms with Crippen molar-refractivity contribution in [2.24, 2.45) is 23.3 Å². The first-order valence-corrected chi connectivity index (χ1v) is 18.1. The zero-order valence-corrected chi connectivity index (χ0v) is 32.4. The molecule has 0 aromatic heterocycles. The summed E-state index contributed by atoms with van der Waals surface area (Å²) in [5.74, 6) is -7.28. The van der Waals surface area contributed by atoms with Crippen LogP contribution in [0, 0.1) is 11.8 Å². The van der Waals surface area contributed by atoms with Crippen LogP contribution in [0.1, 0.15) is 59.4 Å². The van der Waals surface area contributed by atoms with E-state index in [4.69, 9.17) is 16.2 Å². The number of rotatable bonds is 13. The van der Waals surface area contributed by atoms with Gasteiger partial charge in [-0.05, 0) is 64.7 Å². The molecule has 294 valence electrons. The van der Waals surface area contributed by atoms with Crippen molar-refractivity contribution in [1.82, 2.24) is 26.6 Å². The van der Waals surface area contributed by atoms with Gasteiger partial charge in [0.2, 0.25) is 35.4 Å². The van der Waals surface area contributed by atoms with E-state index < -0.39 is 102 Å². The lowest BCUT2D eigenvalue weighted by atomic mass is 9.98. The molecule has 54 heavy (non-hydrogen) atoms. The minimum atomic E-state index is -1.60. The molecule has 6 amide bonds. The van der Waals surface area contributed by atoms with Crippen LogP contribution >= 0.6 is 15.9 Å². The second-order valence-electron chi connectivity index (χ2n) is 13.1. The van der Waals surface area contributed by atoms with Crippen LogP contribution in [0.25, 0.3) is 6.08 Å². The number of nitrogens with one attached hydrogen (secondary N) is 5. The zero-order valence-electron chi connectivity index (χ0n) is 30.8. The molecule has 0 aliphatic carbocycles. The first-order valence-electron chi connectivity index (χ1n) is 17.3. The monoisotopic (exact) mass is 815 g/mol. The van der Waals surface area contributed by atoms with Gasteiger partial charge in [0, 0.05) is 0 Å². The van der Waals surface area contributed by atoms with Gasteiger partial charge in [0.15, 0.2) is 0 Å². The standard InChI is InChI=1S/C37H50BrN7O9/c1-6-21(4)31-37(53)54-22(5)32(41-16-12-10-8-7-9-11-13-23-14-15-27(46)24(38)17-23)36(52)44-30(20(2)3)35(51)43-25(18-28(39)47)33(49)42-26(19-29(40)48)34(50)45-31/h7-17,20-22,25-26,30-32,41,46H,6,18-19H2,1-5H3,(H2,39,47)(H2,40,48)(H,42,49)(H,43,51)(H,44,52)(H,45,50)/b9-7+,10-8+,13-11+,16-12+/t21-,22-,25?,26+,30+,31+,32+/m1/s1. The molecule has 1 aliphatic rings. The third-order valence-electron chi connectivity index (χ3n) is 8.33. The lowest BCUT2D eigenvalue weighted by Gasteiger charge is -2.31. The van der Waals surface area contributed by atoms with Gasteiger partial charge in [-0.3, -0.25) is 28.8 Å². The highest BCUT2D eigenvalue weighted by Gasteiger charge is 2.38. The summed E-state index contributed by atoms with van der Waals surface area (Å²) in [6.45, 7) is 8.19. The Morgan fingerprint density at radius 2 is 1.37 bits per heavy atom. The molecule has 0 saturated carbocycles. The molecule has 1 fully saturated rings. The van der Waals surface area contributed by atoms with Gasteiger partial charge in [0.1, 0.15) is 42.1 Å². The van der Waals surface area contributed by atoms with E-state index in [0.717, 1.165) is 5.56 Å². The number of aromatic hydroxyl groups is 1. The minimum absolute atomic E-state index is 0.139. The molecule has 1 aromatic carbocycles. The number of amides is 6. The third-order valence-corrected chi connectivity index (χ3v) is 8.97. The van der Waals surface area contributed by atoms with Crippen molar-refractivity contribution in [2.45, 2.75) is 90.2 Å². The second kappa shape index (κ2) is 21.9. The Bertz CT molecular complexity index is 1660. The molecule has 1 heterocycles. The molecule has 0 radical (unpaired) electrons. The van der Waals surface area contributed by atoms with E-state index in [1.165, 1.54) is 13.1 Å². The normalized spacial score (nSPS) is 24.3. The van der Waals surface area contributed by atoms with Crippen LogP contribution in [0.2, 0.25) is 0 Å². The van der Waals surface area contributed by atoms with Gasteiger partial charge in [-0.15, -0.1) is 0 Å². The van der Waals surface area contributed by atoms with Gasteiger partial charge in [-0.1, -0.05) is 76.6 Å². The van der Waals surface area contributed by atoms with Crippen molar-refractivity contribution in [1.29, 1.82) is 0 Å². The van der Waals surface area contributed by atoms with Crippen molar-refractivity contribution < 1.29 is 43.4 Å². The number of esters is 1. The van der Waals surface area contributed by atoms with Crippen LogP contribution in [-0.2, 0) is 38.3 Å². The van der Waals surface area contributed by atoms with Gasteiger partial charge in [0.05, 0.1) is 17.3 Å². The average Bonchev–Trinajstić information content (AvgIpc) is 3.09. The number of hydrogen-bond donors (Lipinski definition) is 8. The summed E-state index contributed by atoms with van der Waals surface area (Å²) >= 11 is 3.27. The molecule has 7 atom stereocenters. The maximum Gasteiger partial charge on any atom is 0.329 e. The summed E-state index contributed by atoms with van der Waals surface area (Å²) in [6, 6.07) is -1.86. The highest BCUT2D eigenvalue weighted by Crippen LogP contribution is 2.24. The van der Waals surface area contributed by atoms with E-state index >= 15 is 0 Å². The van der Waals surface area contributed by atoms with Gasteiger partial charge in [0.25, 0.3) is 0 Å². The minimum Gasteiger partial charge on any atom is -0.507 e. The molecule has 1 saturated heterocycles. The van der Waals surface area contributed by atoms with Crippen molar-refractivity contribution in [3.63, 3.8) is 0 Å². The highest BCUT2D eigenvalue weighted by atomic mass is 79.9. The first kappa shape index (κ1) is 44.7. The number of phenols is 1. The number of ether oxygens (including phenoxy) is 1. The molecule has 1 aliphatic heterocycles. The highest BCUT2D eigenvalue weighted by molar-refractivity contribution is 9.10. The molecule has 1 unspecified atom stereocenters. The largest absolute Gasteiger partial charge is 0.507 e. The molecule has 2 rings (SSSR count). The number of phenolic OH excluding ortho intramolecular Hbond substituents is 1. The zero-order chi connectivity index (χ0) is 40.5. The summed E-state index contributed by atoms with van der Waals surface area (Å²) < 4.78 is 6.29. The molecule has 0 spiro atoms. The second-order valence-corrected chi connectivity index (χ2v) is 13.9. The van der Waals surface area contributed by atoms with E-state index in [1.54, 1.807) is 82.4 Å².